The highest BCUT2D eigenvalue weighted by atomic mass is 79.9. The van der Waals surface area contributed by atoms with Crippen LogP contribution in [0.15, 0.2) is 40.9 Å². The van der Waals surface area contributed by atoms with Crippen molar-refractivity contribution < 1.29 is 9.59 Å². The fourth-order valence-corrected chi connectivity index (χ4v) is 4.64. The molecular formula is C17H16BrNO2. The van der Waals surface area contributed by atoms with Gasteiger partial charge in [0.25, 0.3) is 0 Å². The molecule has 2 aliphatic carbocycles. The highest BCUT2D eigenvalue weighted by Gasteiger charge is 2.60. The van der Waals surface area contributed by atoms with Crippen molar-refractivity contribution >= 4 is 27.7 Å². The van der Waals surface area contributed by atoms with Crippen LogP contribution in [-0.2, 0) is 9.59 Å². The van der Waals surface area contributed by atoms with Gasteiger partial charge < -0.3 is 0 Å². The van der Waals surface area contributed by atoms with Crippen LogP contribution in [0.5, 0.6) is 0 Å². The minimum absolute atomic E-state index is 0.0225. The first-order valence-electron chi connectivity index (χ1n) is 7.38. The first-order chi connectivity index (χ1) is 10.1. The van der Waals surface area contributed by atoms with Gasteiger partial charge in [-0.05, 0) is 42.9 Å². The summed E-state index contributed by atoms with van der Waals surface area (Å²) in [5, 5.41) is 0. The molecule has 2 amide bonds. The van der Waals surface area contributed by atoms with Crippen LogP contribution < -0.4 is 0 Å². The van der Waals surface area contributed by atoms with Crippen molar-refractivity contribution in [2.45, 2.75) is 19.4 Å². The number of hydrogen-bond donors (Lipinski definition) is 0. The molecule has 108 valence electrons. The van der Waals surface area contributed by atoms with Gasteiger partial charge in [-0.2, -0.15) is 0 Å². The zero-order chi connectivity index (χ0) is 14.7. The van der Waals surface area contributed by atoms with E-state index in [1.165, 1.54) is 4.90 Å². The third kappa shape index (κ3) is 1.78. The number of carbonyl (C=O) groups is 2. The summed E-state index contributed by atoms with van der Waals surface area (Å²) in [4.78, 5) is 27.0. The second kappa shape index (κ2) is 4.54. The van der Waals surface area contributed by atoms with Crippen molar-refractivity contribution in [3.05, 3.63) is 46.5 Å². The normalized spacial score (nSPS) is 34.7. The first kappa shape index (κ1) is 13.3. The summed E-state index contributed by atoms with van der Waals surface area (Å²) in [5.41, 5.74) is 0.992. The summed E-state index contributed by atoms with van der Waals surface area (Å²) in [5.74, 6) is 0.375. The molecule has 4 heteroatoms. The maximum Gasteiger partial charge on any atom is 0.234 e. The van der Waals surface area contributed by atoms with Gasteiger partial charge in [-0.3, -0.25) is 14.5 Å². The van der Waals surface area contributed by atoms with Gasteiger partial charge in [-0.1, -0.05) is 40.2 Å². The van der Waals surface area contributed by atoms with Gasteiger partial charge in [-0.25, -0.2) is 0 Å². The Bertz CT molecular complexity index is 639. The lowest BCUT2D eigenvalue weighted by atomic mass is 9.85. The van der Waals surface area contributed by atoms with E-state index in [0.29, 0.717) is 0 Å². The minimum Gasteiger partial charge on any atom is -0.275 e. The van der Waals surface area contributed by atoms with Crippen LogP contribution in [0.25, 0.3) is 0 Å². The molecule has 5 unspecified atom stereocenters. The average molecular weight is 346 g/mol. The number of halogens is 1. The Labute approximate surface area is 132 Å². The molecule has 5 atom stereocenters. The van der Waals surface area contributed by atoms with Crippen LogP contribution in [0, 0.1) is 23.7 Å². The number of allylic oxidation sites excluding steroid dienone is 2. The molecule has 0 aromatic heterocycles. The maximum atomic E-state index is 12.7. The van der Waals surface area contributed by atoms with Gasteiger partial charge in [0.15, 0.2) is 0 Å². The molecule has 3 nitrogen and oxygen atoms in total. The molecule has 2 bridgehead atoms. The van der Waals surface area contributed by atoms with Crippen molar-refractivity contribution in [1.82, 2.24) is 4.90 Å². The number of likely N-dealkylation sites (tertiary alicyclic amines) is 1. The van der Waals surface area contributed by atoms with E-state index < -0.39 is 0 Å². The van der Waals surface area contributed by atoms with Gasteiger partial charge in [0.05, 0.1) is 17.9 Å². The standard InChI is InChI=1S/C17H16BrNO2/c1-9(10-3-2-4-13(18)8-10)19-16(20)14-11-5-6-12(7-11)15(14)17(19)21/h2-6,8-9,11-12,14-15H,7H2,1H3. The average Bonchev–Trinajstić information content (AvgIpc) is 3.13. The Balaban J connectivity index is 1.68. The fourth-order valence-electron chi connectivity index (χ4n) is 4.22. The molecule has 1 aromatic carbocycles. The van der Waals surface area contributed by atoms with E-state index in [1.807, 2.05) is 31.2 Å². The topological polar surface area (TPSA) is 37.4 Å². The van der Waals surface area contributed by atoms with Crippen LogP contribution in [0.3, 0.4) is 0 Å². The number of imide groups is 1. The molecule has 21 heavy (non-hydrogen) atoms. The lowest BCUT2D eigenvalue weighted by Crippen LogP contribution is -2.35. The van der Waals surface area contributed by atoms with Gasteiger partial charge in [0.1, 0.15) is 0 Å². The highest BCUT2D eigenvalue weighted by molar-refractivity contribution is 9.10. The lowest BCUT2D eigenvalue weighted by Gasteiger charge is -2.25. The largest absolute Gasteiger partial charge is 0.275 e. The predicted octanol–water partition coefficient (Wildman–Crippen LogP) is 3.32. The van der Waals surface area contributed by atoms with E-state index in [4.69, 9.17) is 0 Å². The SMILES string of the molecule is CC(c1cccc(Br)c1)N1C(=O)C2C3C=CC(C3)C2C1=O. The highest BCUT2D eigenvalue weighted by Crippen LogP contribution is 2.53. The molecule has 1 aromatic rings. The third-order valence-corrected chi connectivity index (χ3v) is 5.72. The number of fused-ring (bicyclic) bond motifs is 5. The molecular weight excluding hydrogens is 330 g/mol. The number of amides is 2. The van der Waals surface area contributed by atoms with E-state index >= 15 is 0 Å². The van der Waals surface area contributed by atoms with E-state index in [2.05, 4.69) is 28.1 Å². The second-order valence-electron chi connectivity index (χ2n) is 6.28. The van der Waals surface area contributed by atoms with Crippen LogP contribution in [-0.4, -0.2) is 16.7 Å². The Morgan fingerprint density at radius 2 is 1.76 bits per heavy atom. The summed E-state index contributed by atoms with van der Waals surface area (Å²) in [7, 11) is 0. The van der Waals surface area contributed by atoms with Gasteiger partial charge in [-0.15, -0.1) is 0 Å². The van der Waals surface area contributed by atoms with Crippen molar-refractivity contribution in [3.63, 3.8) is 0 Å². The summed E-state index contributed by atoms with van der Waals surface area (Å²) < 4.78 is 0.966. The fraction of sp³-hybridized carbons (Fsp3) is 0.412. The van der Waals surface area contributed by atoms with Crippen LogP contribution in [0.1, 0.15) is 24.9 Å². The molecule has 1 aliphatic heterocycles. The summed E-state index contributed by atoms with van der Waals surface area (Å²) in [6.07, 6.45) is 5.24. The molecule has 3 aliphatic rings. The molecule has 0 N–H and O–H groups in total. The Morgan fingerprint density at radius 1 is 1.14 bits per heavy atom. The molecule has 0 radical (unpaired) electrons. The predicted molar refractivity (Wildman–Crippen MR) is 82.1 cm³/mol. The first-order valence-corrected chi connectivity index (χ1v) is 8.18. The summed E-state index contributed by atoms with van der Waals surface area (Å²) >= 11 is 3.45. The lowest BCUT2D eigenvalue weighted by molar-refractivity contribution is -0.143. The molecule has 1 heterocycles. The Hall–Kier alpha value is -1.42. The van der Waals surface area contributed by atoms with E-state index in [1.54, 1.807) is 0 Å². The smallest absolute Gasteiger partial charge is 0.234 e. The minimum atomic E-state index is -0.201. The molecule has 4 rings (SSSR count). The maximum absolute atomic E-state index is 12.7. The molecule has 1 saturated heterocycles. The number of hydrogen-bond acceptors (Lipinski definition) is 2. The van der Waals surface area contributed by atoms with Crippen LogP contribution >= 0.6 is 15.9 Å². The Kier molecular flexibility index (Phi) is 2.86. The molecule has 2 fully saturated rings. The van der Waals surface area contributed by atoms with Crippen LogP contribution in [0.2, 0.25) is 0 Å². The van der Waals surface area contributed by atoms with E-state index in [-0.39, 0.29) is 41.5 Å². The van der Waals surface area contributed by atoms with E-state index in [9.17, 15) is 9.59 Å². The monoisotopic (exact) mass is 345 g/mol. The van der Waals surface area contributed by atoms with Crippen molar-refractivity contribution in [2.75, 3.05) is 0 Å². The Morgan fingerprint density at radius 3 is 2.33 bits per heavy atom. The number of benzene rings is 1. The van der Waals surface area contributed by atoms with Crippen molar-refractivity contribution in [2.24, 2.45) is 23.7 Å². The number of nitrogens with zero attached hydrogens (tertiary/aromatic N) is 1. The van der Waals surface area contributed by atoms with E-state index in [0.717, 1.165) is 16.5 Å². The summed E-state index contributed by atoms with van der Waals surface area (Å²) in [6, 6.07) is 7.63. The van der Waals surface area contributed by atoms with Crippen molar-refractivity contribution in [3.8, 4) is 0 Å². The van der Waals surface area contributed by atoms with Crippen molar-refractivity contribution in [1.29, 1.82) is 0 Å². The zero-order valence-electron chi connectivity index (χ0n) is 11.7. The second-order valence-corrected chi connectivity index (χ2v) is 7.19. The molecule has 0 spiro atoms. The third-order valence-electron chi connectivity index (χ3n) is 5.22. The van der Waals surface area contributed by atoms with Gasteiger partial charge in [0.2, 0.25) is 11.8 Å². The molecule has 1 saturated carbocycles. The summed E-state index contributed by atoms with van der Waals surface area (Å²) in [6.45, 7) is 1.94. The number of rotatable bonds is 2. The number of carbonyl (C=O) groups excluding carboxylic acids is 2. The quantitative estimate of drug-likeness (QED) is 0.609. The van der Waals surface area contributed by atoms with Crippen LogP contribution in [0.4, 0.5) is 0 Å². The zero-order valence-corrected chi connectivity index (χ0v) is 13.3. The van der Waals surface area contributed by atoms with Gasteiger partial charge >= 0.3 is 0 Å². The van der Waals surface area contributed by atoms with Gasteiger partial charge in [0, 0.05) is 4.47 Å².